The number of methoxy groups -OCH3 is 2. The molecule has 0 heterocycles. The van der Waals surface area contributed by atoms with Gasteiger partial charge in [-0.2, -0.15) is 9.59 Å². The van der Waals surface area contributed by atoms with Crippen LogP contribution in [0.3, 0.4) is 0 Å². The van der Waals surface area contributed by atoms with Crippen molar-refractivity contribution in [2.24, 2.45) is 5.73 Å². The van der Waals surface area contributed by atoms with Crippen LogP contribution in [0.1, 0.15) is 31.2 Å². The molecule has 0 aliphatic rings. The molecule has 0 bridgehead atoms. The summed E-state index contributed by atoms with van der Waals surface area (Å²) in [5, 5.41) is 17.6. The molecule has 0 aliphatic carbocycles. The SMILES string of the molecule is COc1ccc(CCN(C)CC[C@H](N)CCCCB(O)O)cc1OC.O=C=O. The van der Waals surface area contributed by atoms with Crippen LogP contribution in [-0.4, -0.2) is 68.6 Å². The Kier molecular flexibility index (Phi) is 15.0. The summed E-state index contributed by atoms with van der Waals surface area (Å²) in [5.41, 5.74) is 7.35. The van der Waals surface area contributed by atoms with Crippen molar-refractivity contribution < 1.29 is 29.1 Å². The molecule has 8 nitrogen and oxygen atoms in total. The van der Waals surface area contributed by atoms with Crippen LogP contribution in [0.25, 0.3) is 0 Å². The first-order valence-corrected chi connectivity index (χ1v) is 9.38. The summed E-state index contributed by atoms with van der Waals surface area (Å²) in [7, 11) is 4.20. The van der Waals surface area contributed by atoms with Gasteiger partial charge in [-0.25, -0.2) is 0 Å². The summed E-state index contributed by atoms with van der Waals surface area (Å²) in [6, 6.07) is 6.19. The number of ether oxygens (including phenoxy) is 2. The first-order valence-electron chi connectivity index (χ1n) is 9.38. The van der Waals surface area contributed by atoms with Crippen molar-refractivity contribution in [2.45, 2.75) is 44.5 Å². The van der Waals surface area contributed by atoms with E-state index < -0.39 is 7.12 Å². The summed E-state index contributed by atoms with van der Waals surface area (Å²) in [4.78, 5) is 18.5. The number of unbranched alkanes of at least 4 members (excludes halogenated alkanes) is 1. The van der Waals surface area contributed by atoms with Crippen LogP contribution in [0.5, 0.6) is 11.5 Å². The standard InChI is InChI=1S/C18H33BN2O4.CO2/c1-21(13-10-16(20)6-4-5-11-19(22)23)12-9-15-7-8-17(24-2)18(14-15)25-3;2-1-3/h7-8,14,16,22-23H,4-6,9-13,20H2,1-3H3;/t16-;/m1./s1. The molecule has 0 unspecified atom stereocenters. The van der Waals surface area contributed by atoms with E-state index in [0.29, 0.717) is 6.32 Å². The molecule has 0 aliphatic heterocycles. The molecule has 1 aromatic rings. The predicted molar refractivity (Wildman–Crippen MR) is 107 cm³/mol. The minimum absolute atomic E-state index is 0.166. The fraction of sp³-hybridized carbons (Fsp3) is 0.632. The average molecular weight is 396 g/mol. The van der Waals surface area contributed by atoms with Gasteiger partial charge in [-0.1, -0.05) is 18.9 Å². The molecule has 158 valence electrons. The van der Waals surface area contributed by atoms with Crippen molar-refractivity contribution in [1.82, 2.24) is 4.90 Å². The van der Waals surface area contributed by atoms with E-state index >= 15 is 0 Å². The minimum Gasteiger partial charge on any atom is -0.493 e. The first kappa shape index (κ1) is 26.1. The first-order chi connectivity index (χ1) is 13.4. The van der Waals surface area contributed by atoms with Gasteiger partial charge in [0.2, 0.25) is 0 Å². The van der Waals surface area contributed by atoms with E-state index in [0.717, 1.165) is 56.7 Å². The van der Waals surface area contributed by atoms with Crippen LogP contribution in [0, 0.1) is 0 Å². The maximum Gasteiger partial charge on any atom is 0.451 e. The molecule has 9 heteroatoms. The van der Waals surface area contributed by atoms with Gasteiger partial charge in [0.15, 0.2) is 11.5 Å². The second-order valence-electron chi connectivity index (χ2n) is 6.64. The molecule has 0 saturated carbocycles. The number of rotatable bonds is 13. The predicted octanol–water partition coefficient (Wildman–Crippen LogP) is 0.955. The van der Waals surface area contributed by atoms with Crippen LogP contribution in [-0.2, 0) is 16.0 Å². The lowest BCUT2D eigenvalue weighted by Gasteiger charge is -2.19. The van der Waals surface area contributed by atoms with E-state index in [9.17, 15) is 0 Å². The van der Waals surface area contributed by atoms with Crippen LogP contribution >= 0.6 is 0 Å². The van der Waals surface area contributed by atoms with Gasteiger partial charge in [0, 0.05) is 12.6 Å². The third kappa shape index (κ3) is 12.5. The highest BCUT2D eigenvalue weighted by Crippen LogP contribution is 2.27. The number of likely N-dealkylation sites (N-methyl/N-ethyl adjacent to an activating group) is 1. The number of hydrogen-bond acceptors (Lipinski definition) is 8. The summed E-state index contributed by atoms with van der Waals surface area (Å²) in [6.45, 7) is 1.91. The molecule has 1 atom stereocenters. The van der Waals surface area contributed by atoms with E-state index in [1.54, 1.807) is 14.2 Å². The van der Waals surface area contributed by atoms with Crippen molar-refractivity contribution in [1.29, 1.82) is 0 Å². The van der Waals surface area contributed by atoms with E-state index in [-0.39, 0.29) is 12.2 Å². The van der Waals surface area contributed by atoms with Crippen molar-refractivity contribution >= 4 is 13.3 Å². The zero-order valence-electron chi connectivity index (χ0n) is 17.1. The van der Waals surface area contributed by atoms with Crippen molar-refractivity contribution in [3.05, 3.63) is 23.8 Å². The van der Waals surface area contributed by atoms with Gasteiger partial charge >= 0.3 is 13.3 Å². The summed E-state index contributed by atoms with van der Waals surface area (Å²) in [6.07, 6.45) is 5.24. The smallest absolute Gasteiger partial charge is 0.451 e. The Morgan fingerprint density at radius 3 is 2.32 bits per heavy atom. The average Bonchev–Trinajstić information content (AvgIpc) is 2.68. The van der Waals surface area contributed by atoms with Gasteiger partial charge in [-0.3, -0.25) is 0 Å². The maximum atomic E-state index is 8.81. The number of nitrogens with two attached hydrogens (primary N) is 1. The van der Waals surface area contributed by atoms with Crippen LogP contribution < -0.4 is 15.2 Å². The van der Waals surface area contributed by atoms with Gasteiger partial charge in [0.25, 0.3) is 0 Å². The Bertz CT molecular complexity index is 567. The third-order valence-corrected chi connectivity index (χ3v) is 4.40. The van der Waals surface area contributed by atoms with Crippen molar-refractivity contribution in [3.8, 4) is 11.5 Å². The van der Waals surface area contributed by atoms with Gasteiger partial charge < -0.3 is 30.2 Å². The van der Waals surface area contributed by atoms with Gasteiger partial charge in [-0.05, 0) is 56.9 Å². The van der Waals surface area contributed by atoms with Crippen LogP contribution in [0.4, 0.5) is 0 Å². The molecule has 0 saturated heterocycles. The summed E-state index contributed by atoms with van der Waals surface area (Å²) < 4.78 is 10.6. The lowest BCUT2D eigenvalue weighted by molar-refractivity contribution is -0.191. The zero-order valence-corrected chi connectivity index (χ0v) is 17.1. The molecular weight excluding hydrogens is 363 g/mol. The second-order valence-corrected chi connectivity index (χ2v) is 6.64. The summed E-state index contributed by atoms with van der Waals surface area (Å²) in [5.74, 6) is 1.51. The molecule has 0 spiro atoms. The number of carbonyl (C=O) groups excluding carboxylic acids is 2. The Balaban J connectivity index is 0.00000227. The van der Waals surface area contributed by atoms with E-state index in [2.05, 4.69) is 18.0 Å². The number of nitrogens with zero attached hydrogens (tertiary/aromatic N) is 1. The number of hydrogen-bond donors (Lipinski definition) is 3. The molecule has 0 aromatic heterocycles. The largest absolute Gasteiger partial charge is 0.493 e. The minimum atomic E-state index is -1.20. The summed E-state index contributed by atoms with van der Waals surface area (Å²) >= 11 is 0. The molecule has 0 fully saturated rings. The highest BCUT2D eigenvalue weighted by Gasteiger charge is 2.09. The highest BCUT2D eigenvalue weighted by atomic mass is 16.5. The molecular formula is C19H33BN2O6. The maximum absolute atomic E-state index is 8.81. The molecule has 0 amide bonds. The van der Waals surface area contributed by atoms with Crippen LogP contribution in [0.2, 0.25) is 6.32 Å². The normalized spacial score (nSPS) is 11.2. The molecule has 28 heavy (non-hydrogen) atoms. The van der Waals surface area contributed by atoms with E-state index in [4.69, 9.17) is 34.8 Å². The van der Waals surface area contributed by atoms with Gasteiger partial charge in [0.05, 0.1) is 14.2 Å². The monoisotopic (exact) mass is 396 g/mol. The zero-order chi connectivity index (χ0) is 21.4. The third-order valence-electron chi connectivity index (χ3n) is 4.40. The Morgan fingerprint density at radius 1 is 1.11 bits per heavy atom. The molecule has 1 rings (SSSR count). The Morgan fingerprint density at radius 2 is 1.75 bits per heavy atom. The Hall–Kier alpha value is -1.90. The quantitative estimate of drug-likeness (QED) is 0.333. The Labute approximate surface area is 167 Å². The second kappa shape index (κ2) is 16.1. The van der Waals surface area contributed by atoms with E-state index in [1.807, 2.05) is 12.1 Å². The highest BCUT2D eigenvalue weighted by molar-refractivity contribution is 6.40. The number of benzene rings is 1. The fourth-order valence-electron chi connectivity index (χ4n) is 2.73. The lowest BCUT2D eigenvalue weighted by Crippen LogP contribution is -2.29. The lowest BCUT2D eigenvalue weighted by atomic mass is 9.83. The molecule has 1 aromatic carbocycles. The molecule has 0 radical (unpaired) electrons. The topological polar surface area (TPSA) is 122 Å². The fourth-order valence-corrected chi connectivity index (χ4v) is 2.73. The van der Waals surface area contributed by atoms with Gasteiger partial charge in [-0.15, -0.1) is 0 Å². The van der Waals surface area contributed by atoms with Crippen LogP contribution in [0.15, 0.2) is 18.2 Å². The van der Waals surface area contributed by atoms with Crippen molar-refractivity contribution in [3.63, 3.8) is 0 Å². The van der Waals surface area contributed by atoms with Gasteiger partial charge in [0.1, 0.15) is 0 Å². The van der Waals surface area contributed by atoms with Crippen molar-refractivity contribution in [2.75, 3.05) is 34.4 Å². The molecule has 4 N–H and O–H groups in total. The van der Waals surface area contributed by atoms with E-state index in [1.165, 1.54) is 5.56 Å².